The molecule has 21 heavy (non-hydrogen) atoms. The van der Waals surface area contributed by atoms with Gasteiger partial charge in [0.25, 0.3) is 0 Å². The van der Waals surface area contributed by atoms with Crippen LogP contribution in [0.1, 0.15) is 18.4 Å². The summed E-state index contributed by atoms with van der Waals surface area (Å²) in [5, 5.41) is 27.2. The number of aliphatic hydroxyl groups is 1. The quantitative estimate of drug-likeness (QED) is 0.886. The minimum atomic E-state index is -0.846. The highest BCUT2D eigenvalue weighted by Gasteiger charge is 2.34. The Morgan fingerprint density at radius 1 is 1.43 bits per heavy atom. The third-order valence-electron chi connectivity index (χ3n) is 3.68. The number of aromatic nitrogens is 4. The van der Waals surface area contributed by atoms with Crippen molar-refractivity contribution in [3.05, 3.63) is 36.3 Å². The van der Waals surface area contributed by atoms with Gasteiger partial charge in [0.05, 0.1) is 18.3 Å². The molecule has 7 nitrogen and oxygen atoms in total. The predicted molar refractivity (Wildman–Crippen MR) is 75.4 cm³/mol. The first-order chi connectivity index (χ1) is 10.2. The van der Waals surface area contributed by atoms with Gasteiger partial charge in [-0.15, -0.1) is 5.10 Å². The lowest BCUT2D eigenvalue weighted by Gasteiger charge is -2.39. The van der Waals surface area contributed by atoms with Crippen molar-refractivity contribution in [2.24, 2.45) is 0 Å². The van der Waals surface area contributed by atoms with Crippen molar-refractivity contribution >= 4 is 5.82 Å². The number of hydrogen-bond acceptors (Lipinski definition) is 6. The molecule has 3 heterocycles. The molecule has 0 spiro atoms. The van der Waals surface area contributed by atoms with Gasteiger partial charge in [0.15, 0.2) is 0 Å². The lowest BCUT2D eigenvalue weighted by Crippen LogP contribution is -2.51. The molecular formula is C14H16N6O. The zero-order chi connectivity index (χ0) is 14.7. The summed E-state index contributed by atoms with van der Waals surface area (Å²) in [6, 6.07) is 5.62. The van der Waals surface area contributed by atoms with Gasteiger partial charge in [-0.2, -0.15) is 5.26 Å². The highest BCUT2D eigenvalue weighted by molar-refractivity contribution is 5.42. The predicted octanol–water partition coefficient (Wildman–Crippen LogP) is 0.576. The van der Waals surface area contributed by atoms with E-state index in [1.807, 2.05) is 11.0 Å². The fraction of sp³-hybridized carbons (Fsp3) is 0.429. The van der Waals surface area contributed by atoms with Crippen molar-refractivity contribution in [1.29, 1.82) is 5.26 Å². The summed E-state index contributed by atoms with van der Waals surface area (Å²) in [6.07, 6.45) is 6.51. The Morgan fingerprint density at radius 3 is 3.00 bits per heavy atom. The molecule has 1 atom stereocenters. The van der Waals surface area contributed by atoms with E-state index in [0.29, 0.717) is 18.7 Å². The second-order valence-corrected chi connectivity index (χ2v) is 5.37. The molecule has 1 fully saturated rings. The molecule has 1 saturated heterocycles. The second-order valence-electron chi connectivity index (χ2n) is 5.37. The Kier molecular flexibility index (Phi) is 3.54. The molecule has 2 aromatic heterocycles. The van der Waals surface area contributed by atoms with E-state index in [1.54, 1.807) is 29.3 Å². The molecule has 3 rings (SSSR count). The Balaban J connectivity index is 1.74. The molecule has 0 aromatic carbocycles. The van der Waals surface area contributed by atoms with Crippen LogP contribution in [-0.4, -0.2) is 43.8 Å². The van der Waals surface area contributed by atoms with Crippen LogP contribution in [0.25, 0.3) is 0 Å². The number of nitrogens with zero attached hydrogens (tertiary/aromatic N) is 6. The lowest BCUT2D eigenvalue weighted by molar-refractivity contribution is 0.00585. The molecule has 108 valence electrons. The van der Waals surface area contributed by atoms with Crippen LogP contribution in [0.3, 0.4) is 0 Å². The van der Waals surface area contributed by atoms with E-state index < -0.39 is 5.60 Å². The highest BCUT2D eigenvalue weighted by atomic mass is 16.3. The lowest BCUT2D eigenvalue weighted by atomic mass is 9.93. The van der Waals surface area contributed by atoms with E-state index in [4.69, 9.17) is 5.26 Å². The third kappa shape index (κ3) is 3.01. The summed E-state index contributed by atoms with van der Waals surface area (Å²) >= 11 is 0. The number of anilines is 1. The average Bonchev–Trinajstić information content (AvgIpc) is 2.99. The van der Waals surface area contributed by atoms with Crippen LogP contribution in [0.15, 0.2) is 30.7 Å². The summed E-state index contributed by atoms with van der Waals surface area (Å²) in [5.74, 6) is 0.783. The number of rotatable bonds is 3. The Morgan fingerprint density at radius 2 is 2.33 bits per heavy atom. The molecule has 1 aliphatic rings. The largest absolute Gasteiger partial charge is 0.386 e. The first kappa shape index (κ1) is 13.5. The molecule has 2 aromatic rings. The molecule has 0 radical (unpaired) electrons. The normalized spacial score (nSPS) is 22.0. The molecule has 0 bridgehead atoms. The van der Waals surface area contributed by atoms with Crippen molar-refractivity contribution in [3.8, 4) is 6.07 Å². The molecule has 1 unspecified atom stereocenters. The SMILES string of the molecule is N#Cc1ccc(N2CCCC(O)(Cn3ccnn3)C2)nc1. The smallest absolute Gasteiger partial charge is 0.128 e. The Bertz CT molecular complexity index is 632. The minimum Gasteiger partial charge on any atom is -0.386 e. The molecule has 1 N–H and O–H groups in total. The van der Waals surface area contributed by atoms with Crippen LogP contribution in [0.4, 0.5) is 5.82 Å². The van der Waals surface area contributed by atoms with Crippen molar-refractivity contribution in [2.75, 3.05) is 18.0 Å². The minimum absolute atomic E-state index is 0.416. The summed E-state index contributed by atoms with van der Waals surface area (Å²) in [5.41, 5.74) is -0.310. The van der Waals surface area contributed by atoms with E-state index in [1.165, 1.54) is 0 Å². The standard InChI is InChI=1S/C14H16N6O/c15-8-12-2-3-13(16-9-12)19-6-1-4-14(21,10-19)11-20-7-5-17-18-20/h2-3,5,7,9,21H,1,4,6,10-11H2. The zero-order valence-electron chi connectivity index (χ0n) is 11.6. The van der Waals surface area contributed by atoms with Crippen molar-refractivity contribution < 1.29 is 5.11 Å². The fourth-order valence-corrected chi connectivity index (χ4v) is 2.69. The van der Waals surface area contributed by atoms with Gasteiger partial charge in [0.1, 0.15) is 17.5 Å². The average molecular weight is 284 g/mol. The van der Waals surface area contributed by atoms with Crippen LogP contribution in [0.5, 0.6) is 0 Å². The second kappa shape index (κ2) is 5.50. The van der Waals surface area contributed by atoms with Gasteiger partial charge in [-0.1, -0.05) is 5.21 Å². The maximum Gasteiger partial charge on any atom is 0.128 e. The maximum atomic E-state index is 10.8. The first-order valence-electron chi connectivity index (χ1n) is 6.86. The van der Waals surface area contributed by atoms with E-state index in [2.05, 4.69) is 21.4 Å². The number of hydrogen-bond donors (Lipinski definition) is 1. The maximum absolute atomic E-state index is 10.8. The fourth-order valence-electron chi connectivity index (χ4n) is 2.69. The monoisotopic (exact) mass is 284 g/mol. The van der Waals surface area contributed by atoms with Gasteiger partial charge in [-0.05, 0) is 25.0 Å². The van der Waals surface area contributed by atoms with Gasteiger partial charge >= 0.3 is 0 Å². The molecule has 0 saturated carbocycles. The molecule has 1 aliphatic heterocycles. The van der Waals surface area contributed by atoms with Gasteiger partial charge in [0.2, 0.25) is 0 Å². The summed E-state index contributed by atoms with van der Waals surface area (Å²) in [7, 11) is 0. The summed E-state index contributed by atoms with van der Waals surface area (Å²) in [6.45, 7) is 1.75. The molecular weight excluding hydrogens is 268 g/mol. The number of nitriles is 1. The van der Waals surface area contributed by atoms with Crippen LogP contribution in [-0.2, 0) is 6.54 Å². The van der Waals surface area contributed by atoms with E-state index in [-0.39, 0.29) is 0 Å². The van der Waals surface area contributed by atoms with Gasteiger partial charge < -0.3 is 10.0 Å². The Labute approximate surface area is 122 Å². The van der Waals surface area contributed by atoms with Crippen LogP contribution in [0.2, 0.25) is 0 Å². The zero-order valence-corrected chi connectivity index (χ0v) is 11.6. The molecule has 0 aliphatic carbocycles. The number of piperidine rings is 1. The Hall–Kier alpha value is -2.46. The number of β-amino-alcohol motifs (C(OH)–C–C–N with tert-alkyl or cyclic N) is 1. The topological polar surface area (TPSA) is 90.9 Å². The first-order valence-corrected chi connectivity index (χ1v) is 6.86. The highest BCUT2D eigenvalue weighted by Crippen LogP contribution is 2.26. The van der Waals surface area contributed by atoms with Gasteiger partial charge in [0, 0.05) is 25.5 Å². The van der Waals surface area contributed by atoms with E-state index in [9.17, 15) is 5.11 Å². The number of pyridine rings is 1. The van der Waals surface area contributed by atoms with Crippen LogP contribution < -0.4 is 4.90 Å². The molecule has 7 heteroatoms. The van der Waals surface area contributed by atoms with Crippen LogP contribution in [0, 0.1) is 11.3 Å². The van der Waals surface area contributed by atoms with Crippen LogP contribution >= 0.6 is 0 Å². The van der Waals surface area contributed by atoms with E-state index in [0.717, 1.165) is 25.2 Å². The van der Waals surface area contributed by atoms with Gasteiger partial charge in [-0.25, -0.2) is 9.67 Å². The summed E-state index contributed by atoms with van der Waals surface area (Å²) in [4.78, 5) is 6.34. The summed E-state index contributed by atoms with van der Waals surface area (Å²) < 4.78 is 1.65. The van der Waals surface area contributed by atoms with Crippen molar-refractivity contribution in [3.63, 3.8) is 0 Å². The third-order valence-corrected chi connectivity index (χ3v) is 3.68. The molecule has 0 amide bonds. The van der Waals surface area contributed by atoms with E-state index >= 15 is 0 Å². The van der Waals surface area contributed by atoms with Crippen molar-refractivity contribution in [2.45, 2.75) is 25.0 Å². The van der Waals surface area contributed by atoms with Crippen molar-refractivity contribution in [1.82, 2.24) is 20.0 Å². The van der Waals surface area contributed by atoms with Gasteiger partial charge in [-0.3, -0.25) is 0 Å².